The van der Waals surface area contributed by atoms with Crippen LogP contribution in [0.15, 0.2) is 30.3 Å². The fourth-order valence-corrected chi connectivity index (χ4v) is 2.12. The average Bonchev–Trinajstić information content (AvgIpc) is 2.43. The summed E-state index contributed by atoms with van der Waals surface area (Å²) in [5, 5.41) is 4.19. The molecule has 1 heterocycles. The monoisotopic (exact) mass is 286 g/mol. The van der Waals surface area contributed by atoms with Gasteiger partial charge in [-0.1, -0.05) is 38.1 Å². The number of nitrogens with two attached hydrogens (primary N) is 2. The van der Waals surface area contributed by atoms with Crippen LogP contribution in [0.5, 0.6) is 0 Å². The van der Waals surface area contributed by atoms with Gasteiger partial charge in [0.15, 0.2) is 0 Å². The smallest absolute Gasteiger partial charge is 0.270 e. The summed E-state index contributed by atoms with van der Waals surface area (Å²) in [6.07, 6.45) is 0. The van der Waals surface area contributed by atoms with E-state index in [0.717, 1.165) is 10.8 Å². The first-order valence-corrected chi connectivity index (χ1v) is 6.65. The van der Waals surface area contributed by atoms with Crippen molar-refractivity contribution in [1.29, 1.82) is 0 Å². The van der Waals surface area contributed by atoms with E-state index in [-0.39, 0.29) is 17.4 Å². The second-order valence-electron chi connectivity index (χ2n) is 5.21. The van der Waals surface area contributed by atoms with Crippen LogP contribution in [-0.4, -0.2) is 22.8 Å². The van der Waals surface area contributed by atoms with Gasteiger partial charge in [-0.15, -0.1) is 0 Å². The predicted molar refractivity (Wildman–Crippen MR) is 81.4 cm³/mol. The van der Waals surface area contributed by atoms with E-state index in [1.165, 1.54) is 0 Å². The van der Waals surface area contributed by atoms with Crippen molar-refractivity contribution in [3.05, 3.63) is 36.0 Å². The summed E-state index contributed by atoms with van der Waals surface area (Å²) in [6, 6.07) is 8.27. The van der Waals surface area contributed by atoms with E-state index in [9.17, 15) is 9.59 Å². The maximum atomic E-state index is 12.2. The molecule has 0 saturated carbocycles. The van der Waals surface area contributed by atoms with Crippen molar-refractivity contribution in [3.63, 3.8) is 0 Å². The molecule has 0 aliphatic carbocycles. The second kappa shape index (κ2) is 5.78. The summed E-state index contributed by atoms with van der Waals surface area (Å²) < 4.78 is 0. The Bertz CT molecular complexity index is 697. The fraction of sp³-hybridized carbons (Fsp3) is 0.267. The number of carbonyl (C=O) groups excluding carboxylic acids is 2. The van der Waals surface area contributed by atoms with Crippen LogP contribution in [0.2, 0.25) is 0 Å². The van der Waals surface area contributed by atoms with Crippen LogP contribution in [0.4, 0.5) is 5.82 Å². The first kappa shape index (κ1) is 14.8. The van der Waals surface area contributed by atoms with Crippen LogP contribution < -0.4 is 16.8 Å². The molecular formula is C15H18N4O2. The van der Waals surface area contributed by atoms with Crippen molar-refractivity contribution in [2.45, 2.75) is 19.9 Å². The minimum absolute atomic E-state index is 0.107. The molecule has 2 aromatic rings. The molecule has 1 aromatic heterocycles. The van der Waals surface area contributed by atoms with Crippen molar-refractivity contribution < 1.29 is 9.59 Å². The summed E-state index contributed by atoms with van der Waals surface area (Å²) in [5.74, 6) is -0.875. The highest BCUT2D eigenvalue weighted by Gasteiger charge is 2.23. The third kappa shape index (κ3) is 3.10. The average molecular weight is 286 g/mol. The van der Waals surface area contributed by atoms with Crippen LogP contribution in [0.1, 0.15) is 24.3 Å². The standard InChI is InChI=1S/C15H18N4O2/c1-8(2)12(14(17)20)19-15(21)11-7-9-5-3-4-6-10(9)13(16)18-11/h3-8,12H,1-2H3,(H2,16,18)(H2,17,20)(H,19,21). The quantitative estimate of drug-likeness (QED) is 0.780. The normalized spacial score (nSPS) is 12.3. The lowest BCUT2D eigenvalue weighted by Crippen LogP contribution is -2.47. The lowest BCUT2D eigenvalue weighted by Gasteiger charge is -2.18. The number of pyridine rings is 1. The Hall–Kier alpha value is -2.63. The molecular weight excluding hydrogens is 268 g/mol. The van der Waals surface area contributed by atoms with E-state index in [2.05, 4.69) is 10.3 Å². The molecule has 6 nitrogen and oxygen atoms in total. The number of fused-ring (bicyclic) bond motifs is 1. The molecule has 0 aliphatic rings. The molecule has 2 rings (SSSR count). The van der Waals surface area contributed by atoms with Crippen molar-refractivity contribution in [1.82, 2.24) is 10.3 Å². The topological polar surface area (TPSA) is 111 Å². The number of hydrogen-bond acceptors (Lipinski definition) is 4. The molecule has 0 spiro atoms. The summed E-state index contributed by atoms with van der Waals surface area (Å²) in [5.41, 5.74) is 11.3. The maximum Gasteiger partial charge on any atom is 0.270 e. The highest BCUT2D eigenvalue weighted by molar-refractivity contribution is 6.01. The summed E-state index contributed by atoms with van der Waals surface area (Å²) in [4.78, 5) is 27.7. The number of nitrogens with one attached hydrogen (secondary N) is 1. The predicted octanol–water partition coefficient (Wildman–Crippen LogP) is 1.06. The van der Waals surface area contributed by atoms with E-state index in [0.29, 0.717) is 0 Å². The Morgan fingerprint density at radius 1 is 1.24 bits per heavy atom. The molecule has 110 valence electrons. The molecule has 0 aliphatic heterocycles. The fourth-order valence-electron chi connectivity index (χ4n) is 2.12. The molecule has 0 radical (unpaired) electrons. The number of nitrogens with zero attached hydrogens (tertiary/aromatic N) is 1. The second-order valence-corrected chi connectivity index (χ2v) is 5.21. The molecule has 2 amide bonds. The summed E-state index contributed by atoms with van der Waals surface area (Å²) in [6.45, 7) is 3.61. The first-order valence-electron chi connectivity index (χ1n) is 6.65. The summed E-state index contributed by atoms with van der Waals surface area (Å²) in [7, 11) is 0. The Balaban J connectivity index is 2.33. The van der Waals surface area contributed by atoms with E-state index in [4.69, 9.17) is 11.5 Å². The Labute approximate surface area is 122 Å². The number of primary amides is 1. The first-order chi connectivity index (χ1) is 9.90. The number of carbonyl (C=O) groups is 2. The van der Waals surface area contributed by atoms with E-state index < -0.39 is 17.9 Å². The van der Waals surface area contributed by atoms with Crippen LogP contribution in [0.25, 0.3) is 10.8 Å². The minimum Gasteiger partial charge on any atom is -0.383 e. The van der Waals surface area contributed by atoms with Gasteiger partial charge in [-0.2, -0.15) is 0 Å². The van der Waals surface area contributed by atoms with Gasteiger partial charge in [-0.3, -0.25) is 9.59 Å². The largest absolute Gasteiger partial charge is 0.383 e. The number of aromatic nitrogens is 1. The molecule has 1 atom stereocenters. The van der Waals surface area contributed by atoms with E-state index in [1.807, 2.05) is 24.3 Å². The SMILES string of the molecule is CC(C)C(NC(=O)c1cc2ccccc2c(N)n1)C(N)=O. The Morgan fingerprint density at radius 3 is 2.52 bits per heavy atom. The third-order valence-corrected chi connectivity index (χ3v) is 3.26. The lowest BCUT2D eigenvalue weighted by atomic mass is 10.0. The van der Waals surface area contributed by atoms with Gasteiger partial charge in [0.05, 0.1) is 0 Å². The van der Waals surface area contributed by atoms with Crippen LogP contribution in [0, 0.1) is 5.92 Å². The van der Waals surface area contributed by atoms with E-state index in [1.54, 1.807) is 19.9 Å². The van der Waals surface area contributed by atoms with Crippen molar-refractivity contribution in [2.75, 3.05) is 5.73 Å². The number of nitrogen functional groups attached to an aromatic ring is 1. The summed E-state index contributed by atoms with van der Waals surface area (Å²) >= 11 is 0. The molecule has 5 N–H and O–H groups in total. The van der Waals surface area contributed by atoms with Gasteiger partial charge < -0.3 is 16.8 Å². The zero-order valence-corrected chi connectivity index (χ0v) is 12.0. The van der Waals surface area contributed by atoms with Crippen LogP contribution in [-0.2, 0) is 4.79 Å². The zero-order chi connectivity index (χ0) is 15.6. The zero-order valence-electron chi connectivity index (χ0n) is 12.0. The van der Waals surface area contributed by atoms with Crippen molar-refractivity contribution >= 4 is 28.4 Å². The highest BCUT2D eigenvalue weighted by Crippen LogP contribution is 2.20. The molecule has 0 saturated heterocycles. The number of hydrogen-bond donors (Lipinski definition) is 3. The van der Waals surface area contributed by atoms with Crippen molar-refractivity contribution in [2.24, 2.45) is 11.7 Å². The number of amides is 2. The maximum absolute atomic E-state index is 12.2. The molecule has 21 heavy (non-hydrogen) atoms. The van der Waals surface area contributed by atoms with Gasteiger partial charge in [-0.25, -0.2) is 4.98 Å². The molecule has 6 heteroatoms. The van der Waals surface area contributed by atoms with Crippen LogP contribution >= 0.6 is 0 Å². The minimum atomic E-state index is -0.744. The third-order valence-electron chi connectivity index (χ3n) is 3.26. The molecule has 0 fully saturated rings. The van der Waals surface area contributed by atoms with E-state index >= 15 is 0 Å². The van der Waals surface area contributed by atoms with Gasteiger partial charge >= 0.3 is 0 Å². The van der Waals surface area contributed by atoms with Crippen molar-refractivity contribution in [3.8, 4) is 0 Å². The molecule has 0 bridgehead atoms. The molecule has 1 aromatic carbocycles. The van der Waals surface area contributed by atoms with Gasteiger partial charge in [0, 0.05) is 5.39 Å². The highest BCUT2D eigenvalue weighted by atomic mass is 16.2. The number of benzene rings is 1. The van der Waals surface area contributed by atoms with Gasteiger partial charge in [0.2, 0.25) is 5.91 Å². The van der Waals surface area contributed by atoms with Gasteiger partial charge in [-0.05, 0) is 17.4 Å². The lowest BCUT2D eigenvalue weighted by molar-refractivity contribution is -0.120. The molecule has 1 unspecified atom stereocenters. The number of rotatable bonds is 4. The Kier molecular flexibility index (Phi) is 4.07. The van der Waals surface area contributed by atoms with Gasteiger partial charge in [0.1, 0.15) is 17.6 Å². The van der Waals surface area contributed by atoms with Gasteiger partial charge in [0.25, 0.3) is 5.91 Å². The number of anilines is 1. The van der Waals surface area contributed by atoms with Crippen LogP contribution in [0.3, 0.4) is 0 Å². The Morgan fingerprint density at radius 2 is 1.90 bits per heavy atom.